The van der Waals surface area contributed by atoms with Crippen LogP contribution in [-0.2, 0) is 17.0 Å². The second-order valence-corrected chi connectivity index (χ2v) is 9.48. The minimum Gasteiger partial charge on any atom is -0.504 e. The second kappa shape index (κ2) is 10.1. The Morgan fingerprint density at radius 3 is 2.81 bits per heavy atom. The van der Waals surface area contributed by atoms with Gasteiger partial charge in [-0.3, -0.25) is 9.30 Å². The van der Waals surface area contributed by atoms with Crippen LogP contribution in [0, 0.1) is 0 Å². The highest BCUT2D eigenvalue weighted by Gasteiger charge is 2.26. The number of likely N-dealkylation sites (tertiary alicyclic amines) is 1. The number of methoxy groups -OCH3 is 1. The molecule has 7 nitrogen and oxygen atoms in total. The summed E-state index contributed by atoms with van der Waals surface area (Å²) in [5.74, 6) is 0.847. The van der Waals surface area contributed by atoms with E-state index in [9.17, 15) is 9.90 Å². The van der Waals surface area contributed by atoms with Crippen molar-refractivity contribution >= 4 is 39.3 Å². The average molecular weight is 520 g/mol. The number of hydrogen-bond donors (Lipinski definition) is 1. The molecule has 3 heterocycles. The van der Waals surface area contributed by atoms with E-state index in [2.05, 4.69) is 25.8 Å². The molecule has 2 aromatic heterocycles. The fourth-order valence-electron chi connectivity index (χ4n) is 3.89. The molecule has 4 rings (SSSR count). The average Bonchev–Trinajstić information content (AvgIpc) is 3.43. The van der Waals surface area contributed by atoms with Crippen molar-refractivity contribution in [2.45, 2.75) is 37.0 Å². The van der Waals surface area contributed by atoms with Crippen LogP contribution in [0.1, 0.15) is 41.5 Å². The number of imidazole rings is 1. The molecule has 170 valence electrons. The van der Waals surface area contributed by atoms with Gasteiger partial charge in [-0.15, -0.1) is 11.8 Å². The summed E-state index contributed by atoms with van der Waals surface area (Å²) in [6.07, 6.45) is 4.14. The molecule has 32 heavy (non-hydrogen) atoms. The highest BCUT2D eigenvalue weighted by atomic mass is 79.9. The topological polar surface area (TPSA) is 76.3 Å². The number of hydrogen-bond acceptors (Lipinski definition) is 7. The maximum Gasteiger partial charge on any atom is 0.357 e. The van der Waals surface area contributed by atoms with Crippen LogP contribution in [0.4, 0.5) is 0 Å². The van der Waals surface area contributed by atoms with Gasteiger partial charge in [0.05, 0.1) is 19.4 Å². The number of benzene rings is 1. The Bertz CT molecular complexity index is 1130. The molecule has 3 aromatic rings. The van der Waals surface area contributed by atoms with Crippen LogP contribution in [0.2, 0.25) is 0 Å². The largest absolute Gasteiger partial charge is 0.504 e. The summed E-state index contributed by atoms with van der Waals surface area (Å²) in [5, 5.41) is 11.1. The van der Waals surface area contributed by atoms with Gasteiger partial charge in [-0.1, -0.05) is 6.07 Å². The third-order valence-corrected chi connectivity index (χ3v) is 7.17. The maximum atomic E-state index is 12.8. The van der Waals surface area contributed by atoms with Crippen molar-refractivity contribution in [2.24, 2.45) is 0 Å². The Morgan fingerprint density at radius 2 is 2.09 bits per heavy atom. The molecule has 1 aliphatic rings. The number of pyridine rings is 1. The summed E-state index contributed by atoms with van der Waals surface area (Å²) in [4.78, 5) is 20.8. The summed E-state index contributed by atoms with van der Waals surface area (Å²) >= 11 is 5.14. The van der Waals surface area contributed by atoms with Gasteiger partial charge in [0.25, 0.3) is 0 Å². The van der Waals surface area contributed by atoms with Gasteiger partial charge in [0, 0.05) is 33.4 Å². The van der Waals surface area contributed by atoms with Crippen molar-refractivity contribution in [3.8, 4) is 11.5 Å². The Kier molecular flexibility index (Phi) is 7.27. The van der Waals surface area contributed by atoms with E-state index >= 15 is 0 Å². The van der Waals surface area contributed by atoms with Gasteiger partial charge in [-0.05, 0) is 67.0 Å². The summed E-state index contributed by atoms with van der Waals surface area (Å²) in [6, 6.07) is 7.73. The van der Waals surface area contributed by atoms with E-state index in [1.807, 2.05) is 24.3 Å². The van der Waals surface area contributed by atoms with Crippen LogP contribution in [0.5, 0.6) is 11.5 Å². The predicted molar refractivity (Wildman–Crippen MR) is 128 cm³/mol. The van der Waals surface area contributed by atoms with E-state index in [-0.39, 0.29) is 12.4 Å². The summed E-state index contributed by atoms with van der Waals surface area (Å²) in [6.45, 7) is 4.70. The number of carbonyl (C=O) groups excluding carboxylic acids is 1. The molecule has 1 fully saturated rings. The molecule has 1 saturated heterocycles. The number of ether oxygens (including phenoxy) is 2. The quantitative estimate of drug-likeness (QED) is 0.335. The number of nitrogens with zero attached hydrogens (tertiary/aromatic N) is 3. The zero-order chi connectivity index (χ0) is 22.7. The molecule has 0 unspecified atom stereocenters. The molecule has 0 aliphatic carbocycles. The lowest BCUT2D eigenvalue weighted by molar-refractivity contribution is 0.0517. The van der Waals surface area contributed by atoms with Crippen molar-refractivity contribution < 1.29 is 19.4 Å². The zero-order valence-electron chi connectivity index (χ0n) is 18.1. The third-order valence-electron chi connectivity index (χ3n) is 5.48. The van der Waals surface area contributed by atoms with Crippen LogP contribution >= 0.6 is 27.7 Å². The van der Waals surface area contributed by atoms with Crippen LogP contribution in [0.25, 0.3) is 5.65 Å². The zero-order valence-corrected chi connectivity index (χ0v) is 20.5. The second-order valence-electron chi connectivity index (χ2n) is 7.58. The molecule has 9 heteroatoms. The highest BCUT2D eigenvalue weighted by Crippen LogP contribution is 2.35. The van der Waals surface area contributed by atoms with Gasteiger partial charge < -0.3 is 14.6 Å². The van der Waals surface area contributed by atoms with Crippen molar-refractivity contribution in [1.82, 2.24) is 14.3 Å². The number of rotatable bonds is 8. The van der Waals surface area contributed by atoms with Crippen LogP contribution in [-0.4, -0.2) is 52.2 Å². The number of fused-ring (bicyclic) bond motifs is 1. The van der Waals surface area contributed by atoms with Crippen molar-refractivity contribution in [3.05, 3.63) is 51.9 Å². The SMILES string of the molecule is CCOC(=O)c1c(CSc2cccc(OC)c2)nc2c(O)c(CN3CCCC3)c(Br)cn12. The van der Waals surface area contributed by atoms with Gasteiger partial charge >= 0.3 is 5.97 Å². The summed E-state index contributed by atoms with van der Waals surface area (Å²) in [5.41, 5.74) is 2.05. The van der Waals surface area contributed by atoms with Gasteiger partial charge in [0.2, 0.25) is 0 Å². The van der Waals surface area contributed by atoms with Crippen molar-refractivity contribution in [2.75, 3.05) is 26.8 Å². The number of thioether (sulfide) groups is 1. The highest BCUT2D eigenvalue weighted by molar-refractivity contribution is 9.10. The Morgan fingerprint density at radius 1 is 1.31 bits per heavy atom. The lowest BCUT2D eigenvalue weighted by Gasteiger charge is -2.17. The van der Waals surface area contributed by atoms with Gasteiger partial charge in [-0.25, -0.2) is 9.78 Å². The normalized spacial score (nSPS) is 14.2. The molecule has 0 amide bonds. The lowest BCUT2D eigenvalue weighted by atomic mass is 10.2. The molecule has 1 aromatic carbocycles. The summed E-state index contributed by atoms with van der Waals surface area (Å²) in [7, 11) is 1.63. The fraction of sp³-hybridized carbons (Fsp3) is 0.391. The molecule has 0 bridgehead atoms. The van der Waals surface area contributed by atoms with E-state index in [0.29, 0.717) is 29.3 Å². The van der Waals surface area contributed by atoms with Gasteiger partial charge in [0.1, 0.15) is 5.75 Å². The number of carbonyl (C=O) groups is 1. The van der Waals surface area contributed by atoms with E-state index in [4.69, 9.17) is 9.47 Å². The third kappa shape index (κ3) is 4.74. The number of aromatic nitrogens is 2. The molecular weight excluding hydrogens is 494 g/mol. The lowest BCUT2D eigenvalue weighted by Crippen LogP contribution is -2.19. The predicted octanol–water partition coefficient (Wildman–Crippen LogP) is 4.88. The minimum atomic E-state index is -0.458. The monoisotopic (exact) mass is 519 g/mol. The first kappa shape index (κ1) is 22.9. The number of esters is 1. The number of aromatic hydroxyl groups is 1. The van der Waals surface area contributed by atoms with Crippen LogP contribution in [0.15, 0.2) is 39.8 Å². The molecule has 1 N–H and O–H groups in total. The molecule has 0 saturated carbocycles. The smallest absolute Gasteiger partial charge is 0.357 e. The summed E-state index contributed by atoms with van der Waals surface area (Å²) < 4.78 is 13.0. The molecule has 0 atom stereocenters. The van der Waals surface area contributed by atoms with E-state index in [1.54, 1.807) is 36.4 Å². The van der Waals surface area contributed by atoms with Crippen LogP contribution in [0.3, 0.4) is 0 Å². The Balaban J connectivity index is 1.72. The van der Waals surface area contributed by atoms with E-state index in [1.165, 1.54) is 12.8 Å². The number of halogens is 1. The standard InChI is InChI=1S/C23H26BrN3O4S/c1-3-31-23(29)20-19(14-32-16-8-6-7-15(11-16)30-2)25-22-21(28)17(18(24)13-27(20)22)12-26-9-4-5-10-26/h6-8,11,13,28H,3-5,9-10,12,14H2,1-2H3. The van der Waals surface area contributed by atoms with E-state index in [0.717, 1.165) is 33.8 Å². The minimum absolute atomic E-state index is 0.0921. The molecule has 0 spiro atoms. The first-order valence-corrected chi connectivity index (χ1v) is 12.4. The fourth-order valence-corrected chi connectivity index (χ4v) is 5.28. The van der Waals surface area contributed by atoms with Gasteiger partial charge in [0.15, 0.2) is 17.1 Å². The first-order valence-electron chi connectivity index (χ1n) is 10.6. The first-order chi connectivity index (χ1) is 15.5. The van der Waals surface area contributed by atoms with Gasteiger partial charge in [-0.2, -0.15) is 0 Å². The van der Waals surface area contributed by atoms with E-state index < -0.39 is 5.97 Å². The molecule has 1 aliphatic heterocycles. The Labute approximate surface area is 199 Å². The van der Waals surface area contributed by atoms with Crippen molar-refractivity contribution in [3.63, 3.8) is 0 Å². The van der Waals surface area contributed by atoms with Crippen LogP contribution < -0.4 is 4.74 Å². The van der Waals surface area contributed by atoms with Crippen molar-refractivity contribution in [1.29, 1.82) is 0 Å². The molecule has 0 radical (unpaired) electrons. The Hall–Kier alpha value is -2.23. The maximum absolute atomic E-state index is 12.8. The molecular formula is C23H26BrN3O4S.